The van der Waals surface area contributed by atoms with Crippen molar-refractivity contribution in [1.29, 1.82) is 0 Å². The van der Waals surface area contributed by atoms with Crippen molar-refractivity contribution < 1.29 is 55.9 Å². The first-order chi connectivity index (χ1) is 9.84. The minimum Gasteiger partial charge on any atom is -0.756 e. The van der Waals surface area contributed by atoms with Crippen LogP contribution in [0.2, 0.25) is 0 Å². The van der Waals surface area contributed by atoms with Crippen LogP contribution in [0, 0.1) is 0 Å². The highest BCUT2D eigenvalue weighted by Gasteiger charge is 2.34. The maximum atomic E-state index is 11.3. The lowest BCUT2D eigenvalue weighted by Crippen LogP contribution is -2.29. The molecule has 6 atom stereocenters. The molecule has 0 aromatic rings. The van der Waals surface area contributed by atoms with Crippen LogP contribution in [-0.2, 0) is 36.3 Å². The van der Waals surface area contributed by atoms with E-state index in [1.807, 2.05) is 0 Å². The first kappa shape index (κ1) is 26.6. The molecule has 0 bridgehead atoms. The lowest BCUT2D eigenvalue weighted by molar-refractivity contribution is -0.250. The zero-order valence-electron chi connectivity index (χ0n) is 11.4. The fraction of sp³-hybridized carbons (Fsp3) is 1.00. The standard InChI is InChI=1S/C7H17O12P3.2CH4/c1-5-3-6(15-2)7(17-5)4-16-21(11,12)19-22(13,14)18-20(8,9)10;;/h5-7H,3-4H2,1-2H3,(H,11,12)(H,13,14)(H2,8,9,10);2*1H4/p-3/t5-,6?,7+;;/m0../s1. The summed E-state index contributed by atoms with van der Waals surface area (Å²) in [5.41, 5.74) is 0. The lowest BCUT2D eigenvalue weighted by Gasteiger charge is -2.33. The molecule has 0 aliphatic carbocycles. The predicted molar refractivity (Wildman–Crippen MR) is 76.4 cm³/mol. The average Bonchev–Trinajstić information content (AvgIpc) is 2.62. The Bertz CT molecular complexity index is 518. The molecule has 1 fully saturated rings. The minimum atomic E-state index is -5.88. The molecule has 0 aromatic carbocycles. The number of methoxy groups -OCH3 is 1. The zero-order chi connectivity index (χ0) is 17.2. The highest BCUT2D eigenvalue weighted by atomic mass is 31.3. The molecule has 1 aliphatic heterocycles. The Kier molecular flexibility index (Phi) is 10.9. The maximum absolute atomic E-state index is 11.3. The van der Waals surface area contributed by atoms with Gasteiger partial charge >= 0.3 is 0 Å². The number of phosphoric acid groups is 3. The third kappa shape index (κ3) is 9.72. The first-order valence-electron chi connectivity index (χ1n) is 5.75. The second kappa shape index (κ2) is 9.87. The molecule has 12 nitrogen and oxygen atoms in total. The molecule has 0 aromatic heterocycles. The first-order valence-corrected chi connectivity index (χ1v) is 10.2. The molecule has 0 amide bonds. The Balaban J connectivity index is 0. The van der Waals surface area contributed by atoms with E-state index in [-0.39, 0.29) is 21.0 Å². The van der Waals surface area contributed by atoms with Gasteiger partial charge in [0, 0.05) is 13.5 Å². The van der Waals surface area contributed by atoms with Crippen molar-refractivity contribution in [2.75, 3.05) is 13.7 Å². The number of rotatable bonds is 8. The van der Waals surface area contributed by atoms with Gasteiger partial charge in [-0.1, -0.05) is 14.9 Å². The van der Waals surface area contributed by atoms with Crippen LogP contribution >= 0.6 is 23.5 Å². The van der Waals surface area contributed by atoms with Crippen molar-refractivity contribution in [2.24, 2.45) is 0 Å². The van der Waals surface area contributed by atoms with E-state index >= 15 is 0 Å². The van der Waals surface area contributed by atoms with Gasteiger partial charge in [-0.15, -0.1) is 0 Å². The van der Waals surface area contributed by atoms with Gasteiger partial charge in [0.15, 0.2) is 0 Å². The number of ether oxygens (including phenoxy) is 2. The quantitative estimate of drug-likeness (QED) is 0.519. The van der Waals surface area contributed by atoms with E-state index in [4.69, 9.17) is 14.4 Å². The molecule has 15 heteroatoms. The number of hydrogen-bond donors (Lipinski definition) is 1. The average molecular weight is 415 g/mol. The Labute approximate surface area is 140 Å². The summed E-state index contributed by atoms with van der Waals surface area (Å²) in [6, 6.07) is 0. The summed E-state index contributed by atoms with van der Waals surface area (Å²) in [5, 5.41) is 0. The number of hydrogen-bond acceptors (Lipinski definition) is 11. The smallest absolute Gasteiger partial charge is 0.280 e. The highest BCUT2D eigenvalue weighted by Crippen LogP contribution is 2.61. The predicted octanol–water partition coefficient (Wildman–Crippen LogP) is -0.102. The molecule has 0 saturated carbocycles. The van der Waals surface area contributed by atoms with Crippen molar-refractivity contribution in [3.8, 4) is 0 Å². The Morgan fingerprint density at radius 2 is 1.67 bits per heavy atom. The van der Waals surface area contributed by atoms with Gasteiger partial charge in [-0.2, -0.15) is 0 Å². The minimum absolute atomic E-state index is 0. The SMILES string of the molecule is C.C.COC1C[C@H](C)O[C@@H]1COP(=O)([O-])OP(=O)([O-])OP(=O)([O-])O. The largest absolute Gasteiger partial charge is 0.756 e. The summed E-state index contributed by atoms with van der Waals surface area (Å²) in [5.74, 6) is 0. The third-order valence-corrected chi connectivity index (χ3v) is 6.18. The Morgan fingerprint density at radius 1 is 1.12 bits per heavy atom. The van der Waals surface area contributed by atoms with E-state index in [0.29, 0.717) is 6.42 Å². The zero-order valence-corrected chi connectivity index (χ0v) is 14.1. The normalized spacial score (nSPS) is 31.0. The molecule has 0 spiro atoms. The molecule has 24 heavy (non-hydrogen) atoms. The highest BCUT2D eigenvalue weighted by molar-refractivity contribution is 7.65. The summed E-state index contributed by atoms with van der Waals surface area (Å²) in [7, 11) is -15.7. The lowest BCUT2D eigenvalue weighted by atomic mass is 10.1. The van der Waals surface area contributed by atoms with Gasteiger partial charge in [0.05, 0.1) is 18.8 Å². The van der Waals surface area contributed by atoms with Crippen LogP contribution < -0.4 is 14.7 Å². The van der Waals surface area contributed by atoms with Crippen LogP contribution in [0.15, 0.2) is 0 Å². The number of phosphoric ester groups is 1. The fourth-order valence-corrected chi connectivity index (χ4v) is 4.66. The molecule has 148 valence electrons. The molecule has 1 heterocycles. The summed E-state index contributed by atoms with van der Waals surface area (Å²) in [6.45, 7) is 1.10. The molecule has 0 radical (unpaired) electrons. The van der Waals surface area contributed by atoms with E-state index in [0.717, 1.165) is 0 Å². The third-order valence-electron chi connectivity index (χ3n) is 2.49. The van der Waals surface area contributed by atoms with Crippen LogP contribution in [0.1, 0.15) is 28.2 Å². The van der Waals surface area contributed by atoms with Gasteiger partial charge in [0.25, 0.3) is 23.5 Å². The van der Waals surface area contributed by atoms with Crippen molar-refractivity contribution in [1.82, 2.24) is 0 Å². The summed E-state index contributed by atoms with van der Waals surface area (Å²) < 4.78 is 53.8. The molecular weight excluding hydrogens is 393 g/mol. The van der Waals surface area contributed by atoms with Gasteiger partial charge in [0.1, 0.15) is 6.10 Å². The van der Waals surface area contributed by atoms with Gasteiger partial charge in [0.2, 0.25) is 0 Å². The maximum Gasteiger partial charge on any atom is 0.280 e. The molecular formula is C9H22O12P3-3. The Hall–Kier alpha value is 0.330. The summed E-state index contributed by atoms with van der Waals surface area (Å²) in [6.07, 6.45) is -1.01. The van der Waals surface area contributed by atoms with Crippen LogP contribution in [0.25, 0.3) is 0 Å². The van der Waals surface area contributed by atoms with Crippen LogP contribution in [0.4, 0.5) is 0 Å². The molecule has 4 unspecified atom stereocenters. The van der Waals surface area contributed by atoms with E-state index in [9.17, 15) is 28.4 Å². The summed E-state index contributed by atoms with van der Waals surface area (Å²) >= 11 is 0. The van der Waals surface area contributed by atoms with E-state index in [2.05, 4.69) is 13.1 Å². The van der Waals surface area contributed by atoms with E-state index in [1.165, 1.54) is 7.11 Å². The topological polar surface area (TPSA) is 187 Å². The monoisotopic (exact) mass is 415 g/mol. The van der Waals surface area contributed by atoms with Gasteiger partial charge < -0.3 is 33.6 Å². The van der Waals surface area contributed by atoms with Crippen molar-refractivity contribution >= 4 is 23.5 Å². The summed E-state index contributed by atoms with van der Waals surface area (Å²) in [4.78, 5) is 40.8. The van der Waals surface area contributed by atoms with E-state index < -0.39 is 42.3 Å². The second-order valence-electron chi connectivity index (χ2n) is 4.32. The van der Waals surface area contributed by atoms with Crippen LogP contribution in [0.3, 0.4) is 0 Å². The molecule has 1 aliphatic rings. The molecule has 1 rings (SSSR count). The van der Waals surface area contributed by atoms with Crippen LogP contribution in [-0.4, -0.2) is 36.9 Å². The van der Waals surface area contributed by atoms with Gasteiger partial charge in [-0.05, 0) is 6.92 Å². The van der Waals surface area contributed by atoms with Gasteiger partial charge in [-0.25, -0.2) is 8.62 Å². The van der Waals surface area contributed by atoms with Crippen LogP contribution in [0.5, 0.6) is 0 Å². The fourth-order valence-electron chi connectivity index (χ4n) is 1.77. The molecule has 1 saturated heterocycles. The molecule has 1 N–H and O–H groups in total. The van der Waals surface area contributed by atoms with Crippen molar-refractivity contribution in [2.45, 2.75) is 46.5 Å². The second-order valence-corrected chi connectivity index (χ2v) is 8.61. The van der Waals surface area contributed by atoms with E-state index in [1.54, 1.807) is 6.92 Å². The van der Waals surface area contributed by atoms with Crippen molar-refractivity contribution in [3.63, 3.8) is 0 Å². The van der Waals surface area contributed by atoms with Crippen molar-refractivity contribution in [3.05, 3.63) is 0 Å². The van der Waals surface area contributed by atoms with Gasteiger partial charge in [-0.3, -0.25) is 13.7 Å². The Morgan fingerprint density at radius 3 is 2.12 bits per heavy atom.